The normalized spacial score (nSPS) is 15.7. The second kappa shape index (κ2) is 10.7. The Bertz CT molecular complexity index is 1240. The van der Waals surface area contributed by atoms with Crippen LogP contribution in [0.4, 0.5) is 5.82 Å². The van der Waals surface area contributed by atoms with E-state index < -0.39 is 5.92 Å². The Kier molecular flexibility index (Phi) is 7.63. The Hall–Kier alpha value is -2.77. The number of rotatable bonds is 8. The van der Waals surface area contributed by atoms with Crippen LogP contribution in [0.5, 0.6) is 0 Å². The second-order valence-corrected chi connectivity index (χ2v) is 10.1. The molecule has 1 aromatic heterocycles. The summed E-state index contributed by atoms with van der Waals surface area (Å²) >= 11 is 7.35. The number of methoxy groups -OCH3 is 1. The minimum Gasteiger partial charge on any atom is -0.469 e. The zero-order valence-electron chi connectivity index (χ0n) is 19.2. The van der Waals surface area contributed by atoms with Crippen molar-refractivity contribution in [3.05, 3.63) is 64.2 Å². The lowest BCUT2D eigenvalue weighted by Gasteiger charge is -2.23. The highest BCUT2D eigenvalue weighted by Crippen LogP contribution is 2.41. The number of amides is 1. The van der Waals surface area contributed by atoms with Gasteiger partial charge in [0.1, 0.15) is 5.82 Å². The third kappa shape index (κ3) is 5.31. The first-order valence-corrected chi connectivity index (χ1v) is 12.6. The van der Waals surface area contributed by atoms with Gasteiger partial charge in [-0.2, -0.15) is 0 Å². The van der Waals surface area contributed by atoms with E-state index >= 15 is 0 Å². The van der Waals surface area contributed by atoms with Crippen LogP contribution in [0.25, 0.3) is 10.9 Å². The molecule has 1 heterocycles. The van der Waals surface area contributed by atoms with Crippen molar-refractivity contribution in [2.45, 2.75) is 38.5 Å². The van der Waals surface area contributed by atoms with Gasteiger partial charge in [0.25, 0.3) is 0 Å². The van der Waals surface area contributed by atoms with Gasteiger partial charge in [0.2, 0.25) is 5.91 Å². The molecule has 0 radical (unpaired) electrons. The van der Waals surface area contributed by atoms with Crippen molar-refractivity contribution in [1.82, 2.24) is 4.98 Å². The largest absolute Gasteiger partial charge is 0.469 e. The molecule has 1 aliphatic carbocycles. The number of carbonyl (C=O) groups is 3. The number of esters is 1. The minimum absolute atomic E-state index is 0.00186. The maximum atomic E-state index is 13.6. The summed E-state index contributed by atoms with van der Waals surface area (Å²) in [6.45, 7) is 1.52. The monoisotopic (exact) mass is 498 g/mol. The number of aryl methyl sites for hydroxylation is 2. The van der Waals surface area contributed by atoms with Gasteiger partial charge in [0, 0.05) is 40.6 Å². The number of hydrogen-bond donors (Lipinski definition) is 2. The van der Waals surface area contributed by atoms with Crippen molar-refractivity contribution < 1.29 is 19.1 Å². The van der Waals surface area contributed by atoms with Gasteiger partial charge in [0.05, 0.1) is 13.0 Å². The number of aromatic amines is 1. The Labute approximate surface area is 207 Å². The number of halogens is 1. The molecular formula is C26H27ClN2O4S. The molecule has 2 unspecified atom stereocenters. The molecule has 0 saturated carbocycles. The van der Waals surface area contributed by atoms with Crippen LogP contribution in [0.15, 0.2) is 42.5 Å². The molecule has 8 heteroatoms. The molecule has 34 heavy (non-hydrogen) atoms. The summed E-state index contributed by atoms with van der Waals surface area (Å²) in [5, 5.41) is 4.71. The van der Waals surface area contributed by atoms with Gasteiger partial charge in [0.15, 0.2) is 5.12 Å². The summed E-state index contributed by atoms with van der Waals surface area (Å²) in [6.07, 6.45) is 2.32. The average Bonchev–Trinajstić information content (AvgIpc) is 3.38. The summed E-state index contributed by atoms with van der Waals surface area (Å²) in [5.41, 5.74) is 4.03. The molecule has 6 nitrogen and oxygen atoms in total. The Balaban J connectivity index is 1.63. The predicted octanol–water partition coefficient (Wildman–Crippen LogP) is 5.49. The molecule has 0 fully saturated rings. The van der Waals surface area contributed by atoms with E-state index in [0.29, 0.717) is 23.0 Å². The number of nitrogens with one attached hydrogen (secondary N) is 2. The highest BCUT2D eigenvalue weighted by Gasteiger charge is 2.35. The molecule has 2 atom stereocenters. The Morgan fingerprint density at radius 1 is 1.24 bits per heavy atom. The van der Waals surface area contributed by atoms with Gasteiger partial charge in [-0.25, -0.2) is 0 Å². The first-order chi connectivity index (χ1) is 16.4. The summed E-state index contributed by atoms with van der Waals surface area (Å²) in [5.74, 6) is 0.137. The van der Waals surface area contributed by atoms with E-state index in [2.05, 4.69) is 10.3 Å². The fraction of sp³-hybridized carbons (Fsp3) is 0.346. The van der Waals surface area contributed by atoms with Crippen LogP contribution in [-0.4, -0.2) is 34.8 Å². The van der Waals surface area contributed by atoms with Crippen molar-refractivity contribution in [2.75, 3.05) is 18.2 Å². The van der Waals surface area contributed by atoms with Gasteiger partial charge < -0.3 is 15.0 Å². The van der Waals surface area contributed by atoms with Crippen molar-refractivity contribution in [2.24, 2.45) is 5.92 Å². The van der Waals surface area contributed by atoms with E-state index in [-0.39, 0.29) is 29.3 Å². The predicted molar refractivity (Wildman–Crippen MR) is 136 cm³/mol. The van der Waals surface area contributed by atoms with Crippen LogP contribution in [-0.2, 0) is 32.0 Å². The van der Waals surface area contributed by atoms with Crippen molar-refractivity contribution in [3.63, 3.8) is 0 Å². The first kappa shape index (κ1) is 24.4. The summed E-state index contributed by atoms with van der Waals surface area (Å²) in [4.78, 5) is 40.5. The molecule has 2 aromatic carbocycles. The van der Waals surface area contributed by atoms with Crippen LogP contribution in [0, 0.1) is 5.92 Å². The zero-order valence-corrected chi connectivity index (χ0v) is 20.7. The van der Waals surface area contributed by atoms with E-state index in [1.54, 1.807) is 0 Å². The molecular weight excluding hydrogens is 472 g/mol. The Morgan fingerprint density at radius 3 is 2.79 bits per heavy atom. The first-order valence-electron chi connectivity index (χ1n) is 11.3. The molecule has 1 aliphatic rings. The number of H-pyrrole nitrogens is 1. The van der Waals surface area contributed by atoms with Gasteiger partial charge in [-0.15, -0.1) is 0 Å². The zero-order chi connectivity index (χ0) is 24.2. The van der Waals surface area contributed by atoms with Crippen molar-refractivity contribution in [1.29, 1.82) is 0 Å². The van der Waals surface area contributed by atoms with E-state index in [9.17, 15) is 14.4 Å². The third-order valence-corrected chi connectivity index (χ3v) is 7.55. The molecule has 4 rings (SSSR count). The lowest BCUT2D eigenvalue weighted by atomic mass is 9.87. The van der Waals surface area contributed by atoms with Crippen molar-refractivity contribution >= 4 is 57.1 Å². The van der Waals surface area contributed by atoms with Crippen molar-refractivity contribution in [3.8, 4) is 0 Å². The number of fused-ring (bicyclic) bond motifs is 2. The number of carbonyl (C=O) groups excluding carboxylic acids is 3. The van der Waals surface area contributed by atoms with Crippen LogP contribution in [0.3, 0.4) is 0 Å². The van der Waals surface area contributed by atoms with Gasteiger partial charge in [-0.1, -0.05) is 47.6 Å². The fourth-order valence-corrected chi connectivity index (χ4v) is 5.72. The highest BCUT2D eigenvalue weighted by atomic mass is 35.5. The highest BCUT2D eigenvalue weighted by molar-refractivity contribution is 8.13. The summed E-state index contributed by atoms with van der Waals surface area (Å²) in [6, 6.07) is 13.6. The smallest absolute Gasteiger partial charge is 0.305 e. The molecule has 0 bridgehead atoms. The fourth-order valence-electron chi connectivity index (χ4n) is 4.73. The number of anilines is 1. The number of para-hydroxylation sites is 1. The number of thioether (sulfide) groups is 1. The van der Waals surface area contributed by atoms with Crippen LogP contribution in [0.2, 0.25) is 5.02 Å². The number of benzene rings is 2. The Morgan fingerprint density at radius 2 is 2.03 bits per heavy atom. The van der Waals surface area contributed by atoms with E-state index in [1.165, 1.54) is 25.8 Å². The van der Waals surface area contributed by atoms with E-state index in [4.69, 9.17) is 16.3 Å². The number of hydrogen-bond acceptors (Lipinski definition) is 5. The molecule has 0 aliphatic heterocycles. The summed E-state index contributed by atoms with van der Waals surface area (Å²) in [7, 11) is 1.37. The van der Waals surface area contributed by atoms with Gasteiger partial charge in [-0.05, 0) is 54.5 Å². The third-order valence-electron chi connectivity index (χ3n) is 6.39. The van der Waals surface area contributed by atoms with Gasteiger partial charge >= 0.3 is 5.97 Å². The molecule has 0 saturated heterocycles. The SMILES string of the molecule is COC(=O)CCc1c(NC(=O)C(CSC(C)=O)C2CCc3cc(Cl)ccc32)[nH]c2ccccc12. The molecule has 2 N–H and O–H groups in total. The second-order valence-electron chi connectivity index (χ2n) is 8.49. The molecule has 3 aromatic rings. The average molecular weight is 499 g/mol. The number of aromatic nitrogens is 1. The van der Waals surface area contributed by atoms with Crippen LogP contribution < -0.4 is 5.32 Å². The van der Waals surface area contributed by atoms with Crippen LogP contribution in [0.1, 0.15) is 42.4 Å². The lowest BCUT2D eigenvalue weighted by molar-refractivity contribution is -0.140. The maximum Gasteiger partial charge on any atom is 0.305 e. The van der Waals surface area contributed by atoms with E-state index in [0.717, 1.165) is 40.4 Å². The van der Waals surface area contributed by atoms with E-state index in [1.807, 2.05) is 42.5 Å². The minimum atomic E-state index is -0.392. The lowest BCUT2D eigenvalue weighted by Crippen LogP contribution is -2.30. The molecule has 0 spiro atoms. The van der Waals surface area contributed by atoms with Crippen LogP contribution >= 0.6 is 23.4 Å². The standard InChI is InChI=1S/C26H27ClN2O4S/c1-15(30)34-14-22(19-9-7-16-13-17(27)8-10-18(16)19)26(32)29-25-21(11-12-24(31)33-2)20-5-3-4-6-23(20)28-25/h3-6,8,10,13,19,22,28H,7,9,11-12,14H2,1-2H3,(H,29,32). The number of ether oxygens (including phenoxy) is 1. The molecule has 178 valence electrons. The maximum absolute atomic E-state index is 13.6. The van der Waals surface area contributed by atoms with Gasteiger partial charge in [-0.3, -0.25) is 14.4 Å². The topological polar surface area (TPSA) is 88.3 Å². The summed E-state index contributed by atoms with van der Waals surface area (Å²) < 4.78 is 4.80. The molecule has 1 amide bonds. The quantitative estimate of drug-likeness (QED) is 0.401.